The van der Waals surface area contributed by atoms with Crippen molar-refractivity contribution in [2.45, 2.75) is 56.8 Å². The molecule has 0 aliphatic heterocycles. The zero-order chi connectivity index (χ0) is 24.1. The van der Waals surface area contributed by atoms with Crippen molar-refractivity contribution < 1.29 is 24.3 Å². The summed E-state index contributed by atoms with van der Waals surface area (Å²) in [5, 5.41) is 16.6. The van der Waals surface area contributed by atoms with Crippen LogP contribution in [0.3, 0.4) is 0 Å². The highest BCUT2D eigenvalue weighted by atomic mass is 32.1. The fourth-order valence-corrected chi connectivity index (χ4v) is 3.08. The van der Waals surface area contributed by atoms with Crippen LogP contribution in [-0.4, -0.2) is 65.3 Å². The Morgan fingerprint density at radius 1 is 0.969 bits per heavy atom. The lowest BCUT2D eigenvalue weighted by molar-refractivity contribution is -0.141. The Morgan fingerprint density at radius 3 is 2.12 bits per heavy atom. The van der Waals surface area contributed by atoms with E-state index in [1.54, 1.807) is 24.3 Å². The molecule has 1 aromatic rings. The van der Waals surface area contributed by atoms with Gasteiger partial charge in [-0.15, -0.1) is 0 Å². The highest BCUT2D eigenvalue weighted by Crippen LogP contribution is 2.05. The zero-order valence-corrected chi connectivity index (χ0v) is 19.0. The first-order valence-corrected chi connectivity index (χ1v) is 11.1. The smallest absolute Gasteiger partial charge is 0.325 e. The van der Waals surface area contributed by atoms with E-state index in [-0.39, 0.29) is 12.2 Å². The van der Waals surface area contributed by atoms with Gasteiger partial charge in [0.1, 0.15) is 18.1 Å². The lowest BCUT2D eigenvalue weighted by atomic mass is 10.0. The lowest BCUT2D eigenvalue weighted by Gasteiger charge is -2.24. The van der Waals surface area contributed by atoms with Gasteiger partial charge in [0.05, 0.1) is 6.04 Å². The summed E-state index contributed by atoms with van der Waals surface area (Å²) in [5.41, 5.74) is 12.1. The molecule has 0 spiro atoms. The molecular formula is C21H33N5O5S. The third kappa shape index (κ3) is 9.67. The second kappa shape index (κ2) is 14.4. The molecule has 4 unspecified atom stereocenters. The first-order chi connectivity index (χ1) is 15.2. The van der Waals surface area contributed by atoms with E-state index in [4.69, 9.17) is 16.6 Å². The van der Waals surface area contributed by atoms with Crippen LogP contribution in [0.15, 0.2) is 30.3 Å². The Balaban J connectivity index is 2.85. The first-order valence-electron chi connectivity index (χ1n) is 10.4. The van der Waals surface area contributed by atoms with Crippen LogP contribution in [0.2, 0.25) is 0 Å². The summed E-state index contributed by atoms with van der Waals surface area (Å²) in [6, 6.07) is 4.95. The summed E-state index contributed by atoms with van der Waals surface area (Å²) < 4.78 is 0. The normalized spacial score (nSPS) is 14.5. The van der Waals surface area contributed by atoms with Gasteiger partial charge < -0.3 is 32.5 Å². The number of aliphatic carboxylic acids is 1. The minimum Gasteiger partial charge on any atom is -0.480 e. The second-order valence-electron chi connectivity index (χ2n) is 7.45. The van der Waals surface area contributed by atoms with Crippen molar-refractivity contribution in [1.82, 2.24) is 16.0 Å². The monoisotopic (exact) mass is 467 g/mol. The number of hydrogen-bond acceptors (Lipinski definition) is 7. The Labute approximate surface area is 193 Å². The van der Waals surface area contributed by atoms with Crippen LogP contribution in [0.5, 0.6) is 0 Å². The molecular weight excluding hydrogens is 434 g/mol. The number of carbonyl (C=O) groups excluding carboxylic acids is 3. The molecule has 0 saturated heterocycles. The number of hydrogen-bond donors (Lipinski definition) is 7. The highest BCUT2D eigenvalue weighted by molar-refractivity contribution is 7.80. The number of carbonyl (C=O) groups is 4. The number of nitrogens with two attached hydrogens (primary N) is 2. The largest absolute Gasteiger partial charge is 0.480 e. The molecule has 4 atom stereocenters. The van der Waals surface area contributed by atoms with Gasteiger partial charge >= 0.3 is 5.97 Å². The molecule has 0 saturated carbocycles. The third-order valence-corrected chi connectivity index (χ3v) is 5.13. The molecule has 1 aromatic carbocycles. The average Bonchev–Trinajstić information content (AvgIpc) is 2.77. The molecule has 1 rings (SSSR count). The van der Waals surface area contributed by atoms with Crippen molar-refractivity contribution in [2.75, 3.05) is 12.3 Å². The molecule has 0 aliphatic carbocycles. The summed E-state index contributed by atoms with van der Waals surface area (Å²) in [5.74, 6) is -2.99. The fraction of sp³-hybridized carbons (Fsp3) is 0.524. The van der Waals surface area contributed by atoms with Gasteiger partial charge in [0.2, 0.25) is 17.7 Å². The van der Waals surface area contributed by atoms with E-state index in [9.17, 15) is 19.2 Å². The van der Waals surface area contributed by atoms with Gasteiger partial charge in [-0.25, -0.2) is 0 Å². The molecule has 3 amide bonds. The van der Waals surface area contributed by atoms with Gasteiger partial charge in [-0.2, -0.15) is 12.6 Å². The van der Waals surface area contributed by atoms with E-state index in [0.717, 1.165) is 12.0 Å². The van der Waals surface area contributed by atoms with Crippen molar-refractivity contribution in [3.05, 3.63) is 35.9 Å². The summed E-state index contributed by atoms with van der Waals surface area (Å²) in [6.45, 7) is 1.83. The van der Waals surface area contributed by atoms with Gasteiger partial charge in [0.15, 0.2) is 0 Å². The molecule has 0 fully saturated rings. The number of unbranched alkanes of at least 4 members (excludes halogenated alkanes) is 1. The molecule has 10 nitrogen and oxygen atoms in total. The Hall–Kier alpha value is -2.63. The maximum absolute atomic E-state index is 12.8. The molecule has 0 aliphatic rings. The summed E-state index contributed by atoms with van der Waals surface area (Å²) >= 11 is 4.13. The van der Waals surface area contributed by atoms with Gasteiger partial charge in [-0.05, 0) is 31.9 Å². The standard InChI is InChI=1S/C21H33N5O5S/c1-13(21(30)31)24-19(28)16(11-14-7-3-2-4-8-14)25-20(29)17(12-32)26-18(27)15(23)9-5-6-10-22/h2-4,7-8,13,15-17,32H,5-6,9-12,22-23H2,1H3,(H,24,28)(H,25,29)(H,26,27)(H,30,31). The predicted octanol–water partition coefficient (Wildman–Crippen LogP) is -0.826. The minimum absolute atomic E-state index is 0.0156. The van der Waals surface area contributed by atoms with E-state index in [1.807, 2.05) is 6.07 Å². The van der Waals surface area contributed by atoms with Crippen LogP contribution in [0, 0.1) is 0 Å². The molecule has 0 aromatic heterocycles. The van der Waals surface area contributed by atoms with Crippen LogP contribution in [0.1, 0.15) is 31.7 Å². The number of thiol groups is 1. The lowest BCUT2D eigenvalue weighted by Crippen LogP contribution is -2.57. The topological polar surface area (TPSA) is 177 Å². The number of nitrogens with one attached hydrogen (secondary N) is 3. The van der Waals surface area contributed by atoms with E-state index < -0.39 is 47.9 Å². The minimum atomic E-state index is -1.20. The summed E-state index contributed by atoms with van der Waals surface area (Å²) in [7, 11) is 0. The van der Waals surface area contributed by atoms with Crippen molar-refractivity contribution in [2.24, 2.45) is 11.5 Å². The molecule has 8 N–H and O–H groups in total. The van der Waals surface area contributed by atoms with Crippen LogP contribution < -0.4 is 27.4 Å². The van der Waals surface area contributed by atoms with Gasteiger partial charge in [0, 0.05) is 12.2 Å². The number of rotatable bonds is 14. The van der Waals surface area contributed by atoms with Crippen molar-refractivity contribution in [1.29, 1.82) is 0 Å². The second-order valence-corrected chi connectivity index (χ2v) is 7.82. The predicted molar refractivity (Wildman–Crippen MR) is 124 cm³/mol. The maximum atomic E-state index is 12.8. The Kier molecular flexibility index (Phi) is 12.4. The van der Waals surface area contributed by atoms with E-state index >= 15 is 0 Å². The summed E-state index contributed by atoms with van der Waals surface area (Å²) in [4.78, 5) is 48.9. The van der Waals surface area contributed by atoms with Crippen molar-refractivity contribution in [3.63, 3.8) is 0 Å². The van der Waals surface area contributed by atoms with Gasteiger partial charge in [-0.1, -0.05) is 36.8 Å². The number of carboxylic acid groups (broad SMARTS) is 1. The quantitative estimate of drug-likeness (QED) is 0.138. The maximum Gasteiger partial charge on any atom is 0.325 e. The molecule has 0 heterocycles. The van der Waals surface area contributed by atoms with E-state index in [2.05, 4.69) is 28.6 Å². The number of carboxylic acids is 1. The van der Waals surface area contributed by atoms with Crippen LogP contribution in [0.4, 0.5) is 0 Å². The zero-order valence-electron chi connectivity index (χ0n) is 18.1. The van der Waals surface area contributed by atoms with Crippen LogP contribution in [0.25, 0.3) is 0 Å². The highest BCUT2D eigenvalue weighted by Gasteiger charge is 2.28. The summed E-state index contributed by atoms with van der Waals surface area (Å²) in [6.07, 6.45) is 1.99. The van der Waals surface area contributed by atoms with E-state index in [0.29, 0.717) is 19.4 Å². The molecule has 0 bridgehead atoms. The van der Waals surface area contributed by atoms with Crippen molar-refractivity contribution >= 4 is 36.3 Å². The van der Waals surface area contributed by atoms with Crippen LogP contribution in [-0.2, 0) is 25.6 Å². The van der Waals surface area contributed by atoms with E-state index in [1.165, 1.54) is 6.92 Å². The SMILES string of the molecule is CC(NC(=O)C(Cc1ccccc1)NC(=O)C(CS)NC(=O)C(N)CCCCN)C(=O)O. The van der Waals surface area contributed by atoms with Gasteiger partial charge in [0.25, 0.3) is 0 Å². The number of benzene rings is 1. The average molecular weight is 468 g/mol. The van der Waals surface area contributed by atoms with Crippen molar-refractivity contribution in [3.8, 4) is 0 Å². The molecule has 178 valence electrons. The Morgan fingerprint density at radius 2 is 1.56 bits per heavy atom. The molecule has 0 radical (unpaired) electrons. The fourth-order valence-electron chi connectivity index (χ4n) is 2.82. The van der Waals surface area contributed by atoms with Gasteiger partial charge in [-0.3, -0.25) is 19.2 Å². The first kappa shape index (κ1) is 27.4. The number of amides is 3. The third-order valence-electron chi connectivity index (χ3n) is 4.77. The molecule has 11 heteroatoms. The molecule has 32 heavy (non-hydrogen) atoms. The Bertz CT molecular complexity index is 764. The van der Waals surface area contributed by atoms with Crippen LogP contribution >= 0.6 is 12.6 Å².